The van der Waals surface area contributed by atoms with Gasteiger partial charge in [-0.25, -0.2) is 4.79 Å². The molecule has 0 saturated heterocycles. The fourth-order valence-electron chi connectivity index (χ4n) is 2.81. The molecule has 0 radical (unpaired) electrons. The molecule has 3 aromatic rings. The van der Waals surface area contributed by atoms with E-state index in [0.29, 0.717) is 22.4 Å². The van der Waals surface area contributed by atoms with Crippen molar-refractivity contribution in [3.05, 3.63) is 107 Å². The Labute approximate surface area is 179 Å². The summed E-state index contributed by atoms with van der Waals surface area (Å²) in [5.74, 6) is -0.712. The molecule has 152 valence electrons. The van der Waals surface area contributed by atoms with Gasteiger partial charge in [-0.1, -0.05) is 72.8 Å². The first-order chi connectivity index (χ1) is 14.5. The highest BCUT2D eigenvalue weighted by molar-refractivity contribution is 7.98. The first kappa shape index (κ1) is 21.3. The maximum absolute atomic E-state index is 12.4. The minimum atomic E-state index is -1.07. The van der Waals surface area contributed by atoms with Crippen LogP contribution in [0, 0.1) is 0 Å². The summed E-state index contributed by atoms with van der Waals surface area (Å²) >= 11 is 1.41. The lowest BCUT2D eigenvalue weighted by molar-refractivity contribution is -0.138. The molecule has 1 atom stereocenters. The van der Waals surface area contributed by atoms with Crippen molar-refractivity contribution in [1.82, 2.24) is 5.32 Å². The van der Waals surface area contributed by atoms with Crippen molar-refractivity contribution in [1.29, 1.82) is 0 Å². The van der Waals surface area contributed by atoms with E-state index >= 15 is 0 Å². The lowest BCUT2D eigenvalue weighted by Gasteiger charge is -2.14. The van der Waals surface area contributed by atoms with Gasteiger partial charge in [0, 0.05) is 28.2 Å². The third-order valence-electron chi connectivity index (χ3n) is 4.44. The van der Waals surface area contributed by atoms with Crippen LogP contribution in [-0.2, 0) is 10.5 Å². The smallest absolute Gasteiger partial charge is 0.327 e. The molecule has 0 aliphatic heterocycles. The monoisotopic (exact) mass is 419 g/mol. The van der Waals surface area contributed by atoms with E-state index in [1.807, 2.05) is 30.3 Å². The van der Waals surface area contributed by atoms with Crippen LogP contribution in [0.5, 0.6) is 0 Å². The van der Waals surface area contributed by atoms with Crippen molar-refractivity contribution in [2.24, 2.45) is 0 Å². The summed E-state index contributed by atoms with van der Waals surface area (Å²) in [5, 5.41) is 12.0. The first-order valence-corrected chi connectivity index (χ1v) is 10.5. The van der Waals surface area contributed by atoms with Crippen molar-refractivity contribution < 1.29 is 19.5 Å². The number of carboxylic acids is 1. The highest BCUT2D eigenvalue weighted by atomic mass is 32.2. The predicted octanol–water partition coefficient (Wildman–Crippen LogP) is 4.03. The van der Waals surface area contributed by atoms with Crippen LogP contribution in [0.25, 0.3) is 0 Å². The van der Waals surface area contributed by atoms with Crippen LogP contribution in [0.3, 0.4) is 0 Å². The quantitative estimate of drug-likeness (QED) is 0.512. The summed E-state index contributed by atoms with van der Waals surface area (Å²) in [4.78, 5) is 36.1. The van der Waals surface area contributed by atoms with Crippen LogP contribution in [0.2, 0.25) is 0 Å². The average Bonchev–Trinajstić information content (AvgIpc) is 2.79. The Hall–Kier alpha value is -3.38. The van der Waals surface area contributed by atoms with Gasteiger partial charge in [0.05, 0.1) is 0 Å². The Morgan fingerprint density at radius 1 is 0.767 bits per heavy atom. The molecule has 30 heavy (non-hydrogen) atoms. The number of rotatable bonds is 9. The van der Waals surface area contributed by atoms with Crippen molar-refractivity contribution in [2.45, 2.75) is 11.8 Å². The van der Waals surface area contributed by atoms with Crippen LogP contribution >= 0.6 is 11.8 Å². The number of carboxylic acid groups (broad SMARTS) is 1. The number of carbonyl (C=O) groups is 3. The van der Waals surface area contributed by atoms with Crippen molar-refractivity contribution in [3.63, 3.8) is 0 Å². The maximum Gasteiger partial charge on any atom is 0.327 e. The van der Waals surface area contributed by atoms with Crippen molar-refractivity contribution in [3.8, 4) is 0 Å². The highest BCUT2D eigenvalue weighted by Gasteiger charge is 2.20. The summed E-state index contributed by atoms with van der Waals surface area (Å²) in [6, 6.07) is 23.9. The number of carbonyl (C=O) groups excluding carboxylic acids is 2. The van der Waals surface area contributed by atoms with E-state index in [-0.39, 0.29) is 11.5 Å². The average molecular weight is 420 g/mol. The number of hydrogen-bond acceptors (Lipinski definition) is 4. The second-order valence-corrected chi connectivity index (χ2v) is 7.67. The molecule has 5 nitrogen and oxygen atoms in total. The highest BCUT2D eigenvalue weighted by Crippen LogP contribution is 2.16. The number of amides is 1. The molecule has 0 bridgehead atoms. The number of hydrogen-bond donors (Lipinski definition) is 2. The molecule has 0 aliphatic carbocycles. The minimum Gasteiger partial charge on any atom is -0.480 e. The van der Waals surface area contributed by atoms with E-state index < -0.39 is 17.9 Å². The molecular formula is C24H21NO4S. The van der Waals surface area contributed by atoms with Gasteiger partial charge in [-0.15, -0.1) is 0 Å². The molecule has 0 heterocycles. The van der Waals surface area contributed by atoms with E-state index in [1.165, 1.54) is 11.8 Å². The predicted molar refractivity (Wildman–Crippen MR) is 118 cm³/mol. The number of thioether (sulfide) groups is 1. The zero-order valence-electron chi connectivity index (χ0n) is 16.2. The lowest BCUT2D eigenvalue weighted by atomic mass is 10.0. The number of benzene rings is 3. The summed E-state index contributed by atoms with van der Waals surface area (Å²) in [5.41, 5.74) is 2.64. The Bertz CT molecular complexity index is 1000. The van der Waals surface area contributed by atoms with Crippen LogP contribution in [0.15, 0.2) is 84.9 Å². The van der Waals surface area contributed by atoms with Gasteiger partial charge in [-0.2, -0.15) is 11.8 Å². The maximum atomic E-state index is 12.4. The topological polar surface area (TPSA) is 83.5 Å². The van der Waals surface area contributed by atoms with Crippen LogP contribution in [0.1, 0.15) is 31.8 Å². The van der Waals surface area contributed by atoms with Gasteiger partial charge in [0.15, 0.2) is 5.78 Å². The molecule has 0 fully saturated rings. The normalized spacial score (nSPS) is 11.5. The molecule has 3 aromatic carbocycles. The zero-order valence-corrected chi connectivity index (χ0v) is 17.0. The van der Waals surface area contributed by atoms with E-state index in [9.17, 15) is 19.5 Å². The molecule has 2 N–H and O–H groups in total. The van der Waals surface area contributed by atoms with Crippen molar-refractivity contribution in [2.75, 3.05) is 5.75 Å². The standard InChI is InChI=1S/C24H21NO4S/c26-22(18-7-3-1-4-8-18)19-13-11-17(12-14-19)15-30-16-21(24(28)29)25-23(27)20-9-5-2-6-10-20/h1-14,21H,15-16H2,(H,25,27)(H,28,29). The largest absolute Gasteiger partial charge is 0.480 e. The van der Waals surface area contributed by atoms with Gasteiger partial charge in [0.1, 0.15) is 6.04 Å². The Morgan fingerprint density at radius 3 is 1.87 bits per heavy atom. The third kappa shape index (κ3) is 5.81. The summed E-state index contributed by atoms with van der Waals surface area (Å²) in [7, 11) is 0. The SMILES string of the molecule is O=C(NC(CSCc1ccc(C(=O)c2ccccc2)cc1)C(=O)O)c1ccccc1. The molecule has 1 amide bonds. The second kappa shape index (κ2) is 10.4. The fraction of sp³-hybridized carbons (Fsp3) is 0.125. The molecule has 3 rings (SSSR count). The van der Waals surface area contributed by atoms with Gasteiger partial charge >= 0.3 is 5.97 Å². The minimum absolute atomic E-state index is 0.0376. The Morgan fingerprint density at radius 2 is 1.30 bits per heavy atom. The summed E-state index contributed by atoms with van der Waals surface area (Å²) in [6.45, 7) is 0. The number of aliphatic carboxylic acids is 1. The molecule has 0 aliphatic rings. The van der Waals surface area contributed by atoms with Crippen LogP contribution in [-0.4, -0.2) is 34.6 Å². The Balaban J connectivity index is 1.53. The van der Waals surface area contributed by atoms with E-state index in [1.54, 1.807) is 54.6 Å². The van der Waals surface area contributed by atoms with Gasteiger partial charge < -0.3 is 10.4 Å². The molecular weight excluding hydrogens is 398 g/mol. The molecule has 1 unspecified atom stereocenters. The summed E-state index contributed by atoms with van der Waals surface area (Å²) in [6.07, 6.45) is 0. The van der Waals surface area contributed by atoms with E-state index in [0.717, 1.165) is 5.56 Å². The fourth-order valence-corrected chi connectivity index (χ4v) is 3.82. The van der Waals surface area contributed by atoms with Crippen LogP contribution < -0.4 is 5.32 Å². The van der Waals surface area contributed by atoms with Gasteiger partial charge in [0.2, 0.25) is 0 Å². The second-order valence-electron chi connectivity index (χ2n) is 6.64. The number of nitrogens with one attached hydrogen (secondary N) is 1. The molecule has 6 heteroatoms. The zero-order chi connectivity index (χ0) is 21.3. The van der Waals surface area contributed by atoms with Gasteiger partial charge in [0.25, 0.3) is 5.91 Å². The number of ketones is 1. The first-order valence-electron chi connectivity index (χ1n) is 9.40. The lowest BCUT2D eigenvalue weighted by Crippen LogP contribution is -2.42. The third-order valence-corrected chi connectivity index (χ3v) is 5.55. The van der Waals surface area contributed by atoms with E-state index in [2.05, 4.69) is 5.32 Å². The van der Waals surface area contributed by atoms with Gasteiger partial charge in [-0.05, 0) is 17.7 Å². The van der Waals surface area contributed by atoms with E-state index in [4.69, 9.17) is 0 Å². The van der Waals surface area contributed by atoms with Crippen molar-refractivity contribution >= 4 is 29.4 Å². The van der Waals surface area contributed by atoms with Crippen LogP contribution in [0.4, 0.5) is 0 Å². The van der Waals surface area contributed by atoms with Gasteiger partial charge in [-0.3, -0.25) is 9.59 Å². The molecule has 0 aromatic heterocycles. The molecule has 0 saturated carbocycles. The molecule has 0 spiro atoms. The Kier molecular flexibility index (Phi) is 7.40. The summed E-state index contributed by atoms with van der Waals surface area (Å²) < 4.78 is 0.